The van der Waals surface area contributed by atoms with Gasteiger partial charge in [-0.3, -0.25) is 4.98 Å². The predicted molar refractivity (Wildman–Crippen MR) is 91.1 cm³/mol. The summed E-state index contributed by atoms with van der Waals surface area (Å²) in [6.45, 7) is 1.48. The van der Waals surface area contributed by atoms with Gasteiger partial charge in [0.05, 0.1) is 0 Å². The number of hydrogen-bond donors (Lipinski definition) is 2. The molecule has 0 radical (unpaired) electrons. The zero-order valence-corrected chi connectivity index (χ0v) is 15.0. The molecule has 0 fully saturated rings. The summed E-state index contributed by atoms with van der Waals surface area (Å²) >= 11 is 0. The van der Waals surface area contributed by atoms with Crippen molar-refractivity contribution in [3.05, 3.63) is 36.8 Å². The van der Waals surface area contributed by atoms with Crippen molar-refractivity contribution in [3.8, 4) is 11.1 Å². The second-order valence-corrected chi connectivity index (χ2v) is 8.01. The third-order valence-corrected chi connectivity index (χ3v) is 5.43. The Hall–Kier alpha value is -2.73. The fourth-order valence-electron chi connectivity index (χ4n) is 2.25. The number of alkyl halides is 3. The molecule has 3 heterocycles. The van der Waals surface area contributed by atoms with Crippen molar-refractivity contribution < 1.29 is 21.6 Å². The molecular weight excluding hydrogens is 385 g/mol. The maximum atomic E-state index is 13.0. The first kappa shape index (κ1) is 19.0. The van der Waals surface area contributed by atoms with E-state index >= 15 is 0 Å². The standard InChI is InChI=1S/C15H15F3N6O2S/c1-14(2,15(16,17)18)23-27(25,26)11-5-10(6-20-7-11)9-3-4-12-21-13(19)22-24(12)8-9/h3-8,23H,1-2H3,(H2,19,22). The van der Waals surface area contributed by atoms with Crippen LogP contribution in [-0.4, -0.2) is 39.7 Å². The number of nitrogens with zero attached hydrogens (tertiary/aromatic N) is 4. The second-order valence-electron chi connectivity index (χ2n) is 6.33. The first-order valence-corrected chi connectivity index (χ1v) is 9.05. The number of halogens is 3. The molecule has 27 heavy (non-hydrogen) atoms. The van der Waals surface area contributed by atoms with E-state index in [-0.39, 0.29) is 5.95 Å². The summed E-state index contributed by atoms with van der Waals surface area (Å²) < 4.78 is 66.9. The molecule has 0 atom stereocenters. The van der Waals surface area contributed by atoms with Gasteiger partial charge < -0.3 is 5.73 Å². The largest absolute Gasteiger partial charge is 0.407 e. The van der Waals surface area contributed by atoms with Gasteiger partial charge in [-0.05, 0) is 32.0 Å². The van der Waals surface area contributed by atoms with Crippen molar-refractivity contribution in [1.29, 1.82) is 0 Å². The highest BCUT2D eigenvalue weighted by Gasteiger charge is 2.49. The molecule has 0 aliphatic carbocycles. The third-order valence-electron chi connectivity index (χ3n) is 3.80. The minimum atomic E-state index is -4.76. The average molecular weight is 400 g/mol. The average Bonchev–Trinajstić information content (AvgIpc) is 2.92. The van der Waals surface area contributed by atoms with Gasteiger partial charge in [0.15, 0.2) is 5.65 Å². The SMILES string of the molecule is CC(C)(NS(=O)(=O)c1cncc(-c2ccc3nc(N)nn3c2)c1)C(F)(F)F. The highest BCUT2D eigenvalue weighted by atomic mass is 32.2. The molecule has 3 aromatic rings. The minimum Gasteiger partial charge on any atom is -0.366 e. The van der Waals surface area contributed by atoms with E-state index in [1.165, 1.54) is 16.8 Å². The summed E-state index contributed by atoms with van der Waals surface area (Å²) in [7, 11) is -4.46. The van der Waals surface area contributed by atoms with E-state index in [9.17, 15) is 21.6 Å². The molecule has 0 saturated heterocycles. The lowest BCUT2D eigenvalue weighted by Crippen LogP contribution is -2.54. The summed E-state index contributed by atoms with van der Waals surface area (Å²) in [5.74, 6) is 0.0696. The second kappa shape index (κ2) is 6.16. The molecule has 8 nitrogen and oxygen atoms in total. The number of sulfonamides is 1. The number of nitrogens with two attached hydrogens (primary N) is 1. The summed E-state index contributed by atoms with van der Waals surface area (Å²) in [6.07, 6.45) is -0.845. The van der Waals surface area contributed by atoms with Crippen LogP contribution < -0.4 is 10.5 Å². The number of hydrogen-bond acceptors (Lipinski definition) is 6. The Balaban J connectivity index is 1.99. The maximum absolute atomic E-state index is 13.0. The normalized spacial score (nSPS) is 13.2. The predicted octanol–water partition coefficient (Wildman–Crippen LogP) is 1.99. The van der Waals surface area contributed by atoms with Gasteiger partial charge in [0.25, 0.3) is 0 Å². The number of nitrogen functional groups attached to an aromatic ring is 1. The molecular formula is C15H15F3N6O2S. The van der Waals surface area contributed by atoms with E-state index in [1.54, 1.807) is 23.1 Å². The third kappa shape index (κ3) is 3.71. The summed E-state index contributed by atoms with van der Waals surface area (Å²) in [4.78, 5) is 7.41. The Morgan fingerprint density at radius 3 is 2.52 bits per heavy atom. The van der Waals surface area contributed by atoms with Crippen LogP contribution in [0.15, 0.2) is 41.7 Å². The smallest absolute Gasteiger partial charge is 0.366 e. The van der Waals surface area contributed by atoms with Crippen molar-refractivity contribution in [2.45, 2.75) is 30.5 Å². The van der Waals surface area contributed by atoms with Crippen molar-refractivity contribution in [2.75, 3.05) is 5.73 Å². The molecule has 0 aromatic carbocycles. The van der Waals surface area contributed by atoms with Crippen LogP contribution in [0.2, 0.25) is 0 Å². The summed E-state index contributed by atoms with van der Waals surface area (Å²) in [5.41, 5.74) is 4.28. The van der Waals surface area contributed by atoms with E-state index in [0.29, 0.717) is 16.8 Å². The number of pyridine rings is 2. The fraction of sp³-hybridized carbons (Fsp3) is 0.267. The zero-order chi connectivity index (χ0) is 20.0. The molecule has 0 bridgehead atoms. The molecule has 144 valence electrons. The van der Waals surface area contributed by atoms with E-state index in [2.05, 4.69) is 15.1 Å². The summed E-state index contributed by atoms with van der Waals surface area (Å²) in [6, 6.07) is 4.48. The van der Waals surface area contributed by atoms with Crippen LogP contribution >= 0.6 is 0 Å². The Labute approximate surface area is 152 Å². The molecule has 0 amide bonds. The van der Waals surface area contributed by atoms with Gasteiger partial charge in [0.2, 0.25) is 16.0 Å². The number of rotatable bonds is 4. The molecule has 12 heteroatoms. The molecule has 3 aromatic heterocycles. The first-order chi connectivity index (χ1) is 12.4. The molecule has 3 rings (SSSR count). The topological polar surface area (TPSA) is 115 Å². The lowest BCUT2D eigenvalue weighted by atomic mass is 10.1. The number of anilines is 1. The van der Waals surface area contributed by atoms with Crippen molar-refractivity contribution >= 4 is 21.6 Å². The van der Waals surface area contributed by atoms with E-state index in [1.807, 2.05) is 0 Å². The van der Waals surface area contributed by atoms with Crippen LogP contribution in [0.5, 0.6) is 0 Å². The van der Waals surface area contributed by atoms with Crippen molar-refractivity contribution in [2.24, 2.45) is 0 Å². The first-order valence-electron chi connectivity index (χ1n) is 7.57. The minimum absolute atomic E-state index is 0.0696. The van der Waals surface area contributed by atoms with E-state index < -0.39 is 26.6 Å². The maximum Gasteiger partial charge on any atom is 0.407 e. The lowest BCUT2D eigenvalue weighted by molar-refractivity contribution is -0.180. The Kier molecular flexibility index (Phi) is 4.35. The van der Waals surface area contributed by atoms with E-state index in [0.717, 1.165) is 20.0 Å². The van der Waals surface area contributed by atoms with Crippen LogP contribution in [0.3, 0.4) is 0 Å². The monoisotopic (exact) mass is 400 g/mol. The molecule has 0 saturated carbocycles. The van der Waals surface area contributed by atoms with Gasteiger partial charge in [-0.2, -0.15) is 22.9 Å². The van der Waals surface area contributed by atoms with Gasteiger partial charge in [-0.25, -0.2) is 12.9 Å². The van der Waals surface area contributed by atoms with Gasteiger partial charge in [0.1, 0.15) is 10.4 Å². The Bertz CT molecular complexity index is 1110. The molecule has 3 N–H and O–H groups in total. The molecule has 0 unspecified atom stereocenters. The van der Waals surface area contributed by atoms with Crippen LogP contribution in [0, 0.1) is 0 Å². The molecule has 0 aliphatic rings. The van der Waals surface area contributed by atoms with Gasteiger partial charge in [0, 0.05) is 29.7 Å². The summed E-state index contributed by atoms with van der Waals surface area (Å²) in [5, 5.41) is 3.95. The highest BCUT2D eigenvalue weighted by Crippen LogP contribution is 2.31. The number of fused-ring (bicyclic) bond motifs is 1. The van der Waals surface area contributed by atoms with Gasteiger partial charge in [-0.1, -0.05) is 0 Å². The van der Waals surface area contributed by atoms with E-state index in [4.69, 9.17) is 5.73 Å². The number of aromatic nitrogens is 4. The fourth-order valence-corrected chi connectivity index (χ4v) is 3.63. The van der Waals surface area contributed by atoms with Gasteiger partial charge >= 0.3 is 6.18 Å². The number of nitrogens with one attached hydrogen (secondary N) is 1. The molecule has 0 aliphatic heterocycles. The lowest BCUT2D eigenvalue weighted by Gasteiger charge is -2.28. The molecule has 0 spiro atoms. The Morgan fingerprint density at radius 2 is 1.85 bits per heavy atom. The van der Waals surface area contributed by atoms with Crippen LogP contribution in [0.1, 0.15) is 13.8 Å². The quantitative estimate of drug-likeness (QED) is 0.692. The Morgan fingerprint density at radius 1 is 1.15 bits per heavy atom. The van der Waals surface area contributed by atoms with Gasteiger partial charge in [-0.15, -0.1) is 5.10 Å². The van der Waals surface area contributed by atoms with Crippen molar-refractivity contribution in [1.82, 2.24) is 24.3 Å². The highest BCUT2D eigenvalue weighted by molar-refractivity contribution is 7.89. The van der Waals surface area contributed by atoms with Crippen LogP contribution in [-0.2, 0) is 10.0 Å². The van der Waals surface area contributed by atoms with Crippen LogP contribution in [0.25, 0.3) is 16.8 Å². The zero-order valence-electron chi connectivity index (χ0n) is 14.2. The van der Waals surface area contributed by atoms with Crippen LogP contribution in [0.4, 0.5) is 19.1 Å². The van der Waals surface area contributed by atoms with Crippen molar-refractivity contribution in [3.63, 3.8) is 0 Å².